The third kappa shape index (κ3) is 4.16. The predicted molar refractivity (Wildman–Crippen MR) is 102 cm³/mol. The van der Waals surface area contributed by atoms with Crippen molar-refractivity contribution >= 4 is 23.3 Å². The Morgan fingerprint density at radius 3 is 2.67 bits per heavy atom. The number of carboxylic acid groups (broad SMARTS) is 1. The van der Waals surface area contributed by atoms with E-state index in [1.165, 1.54) is 0 Å². The van der Waals surface area contributed by atoms with Crippen LogP contribution < -0.4 is 16.4 Å². The van der Waals surface area contributed by atoms with Crippen molar-refractivity contribution in [3.05, 3.63) is 35.7 Å². The fraction of sp³-hybridized carbons (Fsp3) is 0.474. The number of pyridine rings is 1. The van der Waals surface area contributed by atoms with Gasteiger partial charge in [-0.25, -0.2) is 9.78 Å². The van der Waals surface area contributed by atoms with Gasteiger partial charge in [-0.1, -0.05) is 18.9 Å². The summed E-state index contributed by atoms with van der Waals surface area (Å²) in [5, 5.41) is 23.8. The minimum absolute atomic E-state index is 0.0630. The Kier molecular flexibility index (Phi) is 4.89. The van der Waals surface area contributed by atoms with Gasteiger partial charge in [0.05, 0.1) is 5.69 Å². The SMILES string of the molecule is N[C@H]1CCCC[C@H]1Nc1cc(Nc2cccc(C3CC3)n2)c(C(=O)O)nn1. The van der Waals surface area contributed by atoms with E-state index < -0.39 is 5.97 Å². The molecule has 0 amide bonds. The zero-order chi connectivity index (χ0) is 18.8. The molecule has 8 nitrogen and oxygen atoms in total. The third-order valence-electron chi connectivity index (χ3n) is 5.18. The lowest BCUT2D eigenvalue weighted by Gasteiger charge is -2.29. The molecule has 142 valence electrons. The van der Waals surface area contributed by atoms with Gasteiger partial charge in [0.1, 0.15) is 5.82 Å². The normalized spacial score (nSPS) is 22.3. The molecular formula is C19H24N6O2. The number of nitrogens with two attached hydrogens (primary N) is 1. The molecule has 2 fully saturated rings. The Hall–Kier alpha value is -2.74. The topological polar surface area (TPSA) is 126 Å². The standard InChI is InChI=1S/C19H24N6O2/c20-12-4-1-2-5-14(12)22-17-10-15(18(19(26)27)25-24-17)23-16-7-3-6-13(21-16)11-8-9-11/h3,6-7,10-12,14H,1-2,4-5,8-9,20H2,(H,26,27)(H2,21,22,23,24)/t12-,14+/m0/s1. The van der Waals surface area contributed by atoms with Crippen LogP contribution in [0.1, 0.15) is 60.6 Å². The number of hydrogen-bond donors (Lipinski definition) is 4. The summed E-state index contributed by atoms with van der Waals surface area (Å²) in [4.78, 5) is 16.1. The van der Waals surface area contributed by atoms with E-state index in [1.807, 2.05) is 18.2 Å². The van der Waals surface area contributed by atoms with Crippen LogP contribution in [0, 0.1) is 0 Å². The van der Waals surface area contributed by atoms with E-state index in [0.717, 1.165) is 44.2 Å². The van der Waals surface area contributed by atoms with E-state index in [1.54, 1.807) is 6.07 Å². The number of aromatic carboxylic acids is 1. The first-order valence-corrected chi connectivity index (χ1v) is 9.47. The molecule has 2 aromatic heterocycles. The summed E-state index contributed by atoms with van der Waals surface area (Å²) in [5.41, 5.74) is 7.45. The van der Waals surface area contributed by atoms with Crippen LogP contribution in [0.5, 0.6) is 0 Å². The third-order valence-corrected chi connectivity index (χ3v) is 5.18. The molecule has 2 saturated carbocycles. The maximum atomic E-state index is 11.5. The van der Waals surface area contributed by atoms with E-state index in [9.17, 15) is 9.90 Å². The van der Waals surface area contributed by atoms with Crippen LogP contribution in [-0.2, 0) is 0 Å². The van der Waals surface area contributed by atoms with Gasteiger partial charge in [0, 0.05) is 29.8 Å². The quantitative estimate of drug-likeness (QED) is 0.613. The van der Waals surface area contributed by atoms with Gasteiger partial charge < -0.3 is 21.5 Å². The van der Waals surface area contributed by atoms with Gasteiger partial charge in [-0.15, -0.1) is 10.2 Å². The highest BCUT2D eigenvalue weighted by Gasteiger charge is 2.25. The Balaban J connectivity index is 1.57. The first-order chi connectivity index (χ1) is 13.1. The van der Waals surface area contributed by atoms with Crippen molar-refractivity contribution in [2.45, 2.75) is 56.5 Å². The summed E-state index contributed by atoms with van der Waals surface area (Å²) in [7, 11) is 0. The van der Waals surface area contributed by atoms with Crippen molar-refractivity contribution in [2.24, 2.45) is 5.73 Å². The second-order valence-corrected chi connectivity index (χ2v) is 7.34. The van der Waals surface area contributed by atoms with E-state index >= 15 is 0 Å². The molecule has 5 N–H and O–H groups in total. The van der Waals surface area contributed by atoms with Gasteiger partial charge in [-0.2, -0.15) is 0 Å². The molecule has 27 heavy (non-hydrogen) atoms. The average Bonchev–Trinajstić information content (AvgIpc) is 3.49. The second kappa shape index (κ2) is 7.48. The lowest BCUT2D eigenvalue weighted by atomic mass is 9.91. The molecule has 0 radical (unpaired) electrons. The number of nitrogens with zero attached hydrogens (tertiary/aromatic N) is 3. The van der Waals surface area contributed by atoms with Crippen LogP contribution in [0.3, 0.4) is 0 Å². The molecule has 0 bridgehead atoms. The van der Waals surface area contributed by atoms with E-state index in [4.69, 9.17) is 5.73 Å². The molecule has 8 heteroatoms. The first kappa shape index (κ1) is 17.7. The summed E-state index contributed by atoms with van der Waals surface area (Å²) in [6.07, 6.45) is 6.51. The number of carbonyl (C=O) groups is 1. The van der Waals surface area contributed by atoms with Gasteiger partial charge in [0.25, 0.3) is 0 Å². The highest BCUT2D eigenvalue weighted by molar-refractivity contribution is 5.93. The molecule has 0 unspecified atom stereocenters. The van der Waals surface area contributed by atoms with Crippen molar-refractivity contribution in [2.75, 3.05) is 10.6 Å². The van der Waals surface area contributed by atoms with Crippen molar-refractivity contribution in [3.63, 3.8) is 0 Å². The van der Waals surface area contributed by atoms with Crippen LogP contribution in [0.15, 0.2) is 24.3 Å². The summed E-state index contributed by atoms with van der Waals surface area (Å²) in [6.45, 7) is 0. The Morgan fingerprint density at radius 1 is 1.11 bits per heavy atom. The monoisotopic (exact) mass is 368 g/mol. The minimum Gasteiger partial charge on any atom is -0.476 e. The number of aromatic nitrogens is 3. The molecule has 2 aliphatic rings. The van der Waals surface area contributed by atoms with Gasteiger partial charge >= 0.3 is 5.97 Å². The van der Waals surface area contributed by atoms with Gasteiger partial charge in [-0.05, 0) is 37.8 Å². The molecular weight excluding hydrogens is 344 g/mol. The van der Waals surface area contributed by atoms with Gasteiger partial charge in [0.15, 0.2) is 11.5 Å². The molecule has 2 atom stereocenters. The molecule has 2 heterocycles. The van der Waals surface area contributed by atoms with Gasteiger partial charge in [-0.3, -0.25) is 0 Å². The smallest absolute Gasteiger partial charge is 0.358 e. The fourth-order valence-electron chi connectivity index (χ4n) is 3.51. The van der Waals surface area contributed by atoms with Crippen LogP contribution >= 0.6 is 0 Å². The summed E-state index contributed by atoms with van der Waals surface area (Å²) in [5.74, 6) is 0.508. The lowest BCUT2D eigenvalue weighted by Crippen LogP contribution is -2.42. The predicted octanol–water partition coefficient (Wildman–Crippen LogP) is 2.87. The molecule has 0 saturated heterocycles. The van der Waals surface area contributed by atoms with E-state index in [-0.39, 0.29) is 17.8 Å². The molecule has 2 aromatic rings. The first-order valence-electron chi connectivity index (χ1n) is 9.47. The summed E-state index contributed by atoms with van der Waals surface area (Å²) < 4.78 is 0. The van der Waals surface area contributed by atoms with Crippen molar-refractivity contribution in [3.8, 4) is 0 Å². The number of hydrogen-bond acceptors (Lipinski definition) is 7. The molecule has 0 aromatic carbocycles. The van der Waals surface area contributed by atoms with Crippen LogP contribution in [0.4, 0.5) is 17.3 Å². The van der Waals surface area contributed by atoms with Gasteiger partial charge in [0.2, 0.25) is 0 Å². The number of rotatable bonds is 6. The van der Waals surface area contributed by atoms with Crippen molar-refractivity contribution in [1.29, 1.82) is 0 Å². The molecule has 0 spiro atoms. The zero-order valence-electron chi connectivity index (χ0n) is 15.1. The van der Waals surface area contributed by atoms with Crippen molar-refractivity contribution in [1.82, 2.24) is 15.2 Å². The Labute approximate surface area is 157 Å². The second-order valence-electron chi connectivity index (χ2n) is 7.34. The minimum atomic E-state index is -1.13. The average molecular weight is 368 g/mol. The number of anilines is 3. The number of nitrogens with one attached hydrogen (secondary N) is 2. The van der Waals surface area contributed by atoms with Crippen LogP contribution in [0.25, 0.3) is 0 Å². The maximum absolute atomic E-state index is 11.5. The summed E-state index contributed by atoms with van der Waals surface area (Å²) in [6, 6.07) is 7.60. The molecule has 4 rings (SSSR count). The van der Waals surface area contributed by atoms with E-state index in [0.29, 0.717) is 23.2 Å². The highest BCUT2D eigenvalue weighted by atomic mass is 16.4. The molecule has 0 aliphatic heterocycles. The van der Waals surface area contributed by atoms with Crippen LogP contribution in [0.2, 0.25) is 0 Å². The highest BCUT2D eigenvalue weighted by Crippen LogP contribution is 2.39. The van der Waals surface area contributed by atoms with Crippen molar-refractivity contribution < 1.29 is 9.90 Å². The maximum Gasteiger partial charge on any atom is 0.358 e. The Bertz CT molecular complexity index is 839. The zero-order valence-corrected chi connectivity index (χ0v) is 15.1. The van der Waals surface area contributed by atoms with E-state index in [2.05, 4.69) is 25.8 Å². The molecule has 2 aliphatic carbocycles. The van der Waals surface area contributed by atoms with Crippen LogP contribution in [-0.4, -0.2) is 38.3 Å². The largest absolute Gasteiger partial charge is 0.476 e. The lowest BCUT2D eigenvalue weighted by molar-refractivity contribution is 0.0690. The Morgan fingerprint density at radius 2 is 1.93 bits per heavy atom. The summed E-state index contributed by atoms with van der Waals surface area (Å²) >= 11 is 0. The fourth-order valence-corrected chi connectivity index (χ4v) is 3.51. The number of carboxylic acids is 1.